The van der Waals surface area contributed by atoms with Crippen molar-refractivity contribution in [2.45, 2.75) is 18.8 Å². The number of carbonyl (C=O) groups is 1. The van der Waals surface area contributed by atoms with E-state index in [4.69, 9.17) is 9.26 Å². The Hall–Kier alpha value is -2.68. The molecule has 2 aromatic heterocycles. The molecule has 2 N–H and O–H groups in total. The van der Waals surface area contributed by atoms with Crippen LogP contribution in [0.4, 0.5) is 11.6 Å². The Labute approximate surface area is 151 Å². The SMILES string of the molecule is O=C(NCCNc1cc(N2CCOCC2)ncn1)c1cc(C2CC2)on1. The molecule has 0 spiro atoms. The maximum absolute atomic E-state index is 12.1. The molecule has 2 fully saturated rings. The van der Waals surface area contributed by atoms with E-state index in [9.17, 15) is 4.79 Å². The minimum absolute atomic E-state index is 0.223. The van der Waals surface area contributed by atoms with Gasteiger partial charge in [-0.2, -0.15) is 0 Å². The third-order valence-corrected chi connectivity index (χ3v) is 4.45. The van der Waals surface area contributed by atoms with E-state index in [1.165, 1.54) is 0 Å². The average molecular weight is 358 g/mol. The summed E-state index contributed by atoms with van der Waals surface area (Å²) in [5.74, 6) is 2.64. The Morgan fingerprint density at radius 3 is 2.85 bits per heavy atom. The number of nitrogens with one attached hydrogen (secondary N) is 2. The van der Waals surface area contributed by atoms with Crippen molar-refractivity contribution >= 4 is 17.5 Å². The van der Waals surface area contributed by atoms with Crippen LogP contribution < -0.4 is 15.5 Å². The first kappa shape index (κ1) is 16.8. The van der Waals surface area contributed by atoms with Crippen molar-refractivity contribution < 1.29 is 14.1 Å². The lowest BCUT2D eigenvalue weighted by Crippen LogP contribution is -2.36. The summed E-state index contributed by atoms with van der Waals surface area (Å²) in [4.78, 5) is 22.8. The molecule has 4 rings (SSSR count). The highest BCUT2D eigenvalue weighted by atomic mass is 16.5. The first-order valence-electron chi connectivity index (χ1n) is 8.93. The van der Waals surface area contributed by atoms with Crippen LogP contribution in [0.5, 0.6) is 0 Å². The van der Waals surface area contributed by atoms with Gasteiger partial charge in [-0.1, -0.05) is 5.16 Å². The second-order valence-corrected chi connectivity index (χ2v) is 6.43. The highest BCUT2D eigenvalue weighted by Crippen LogP contribution is 2.40. The lowest BCUT2D eigenvalue weighted by Gasteiger charge is -2.27. The molecule has 1 aliphatic heterocycles. The van der Waals surface area contributed by atoms with Crippen molar-refractivity contribution in [2.75, 3.05) is 49.6 Å². The summed E-state index contributed by atoms with van der Waals surface area (Å²) in [6.45, 7) is 4.09. The number of morpholine rings is 1. The average Bonchev–Trinajstić information content (AvgIpc) is 3.42. The molecule has 2 aromatic rings. The summed E-state index contributed by atoms with van der Waals surface area (Å²) in [6, 6.07) is 3.64. The van der Waals surface area contributed by atoms with Crippen molar-refractivity contribution in [1.29, 1.82) is 0 Å². The Morgan fingerprint density at radius 1 is 1.19 bits per heavy atom. The van der Waals surface area contributed by atoms with Gasteiger partial charge in [-0.3, -0.25) is 4.79 Å². The van der Waals surface area contributed by atoms with E-state index >= 15 is 0 Å². The quantitative estimate of drug-likeness (QED) is 0.707. The van der Waals surface area contributed by atoms with Gasteiger partial charge in [0.25, 0.3) is 5.91 Å². The molecule has 1 saturated heterocycles. The summed E-state index contributed by atoms with van der Waals surface area (Å²) >= 11 is 0. The normalized spacial score (nSPS) is 17.2. The number of hydrogen-bond acceptors (Lipinski definition) is 8. The minimum Gasteiger partial charge on any atom is -0.378 e. The highest BCUT2D eigenvalue weighted by Gasteiger charge is 2.28. The smallest absolute Gasteiger partial charge is 0.273 e. The highest BCUT2D eigenvalue weighted by molar-refractivity contribution is 5.92. The zero-order chi connectivity index (χ0) is 17.8. The van der Waals surface area contributed by atoms with Crippen LogP contribution in [0.1, 0.15) is 35.0 Å². The van der Waals surface area contributed by atoms with E-state index in [1.807, 2.05) is 6.07 Å². The van der Waals surface area contributed by atoms with Crippen molar-refractivity contribution in [3.05, 3.63) is 29.9 Å². The number of hydrogen-bond donors (Lipinski definition) is 2. The van der Waals surface area contributed by atoms with Crippen LogP contribution in [0.2, 0.25) is 0 Å². The molecule has 0 bridgehead atoms. The third kappa shape index (κ3) is 4.10. The number of amides is 1. The molecule has 3 heterocycles. The molecule has 26 heavy (non-hydrogen) atoms. The fourth-order valence-corrected chi connectivity index (χ4v) is 2.82. The zero-order valence-corrected chi connectivity index (χ0v) is 14.5. The molecule has 1 saturated carbocycles. The fraction of sp³-hybridized carbons (Fsp3) is 0.529. The van der Waals surface area contributed by atoms with Crippen molar-refractivity contribution in [3.63, 3.8) is 0 Å². The maximum atomic E-state index is 12.1. The molecule has 1 aliphatic carbocycles. The Bertz CT molecular complexity index is 754. The topological polar surface area (TPSA) is 105 Å². The van der Waals surface area contributed by atoms with Gasteiger partial charge in [0.05, 0.1) is 13.2 Å². The molecular weight excluding hydrogens is 336 g/mol. The van der Waals surface area contributed by atoms with Gasteiger partial charge in [0.15, 0.2) is 5.69 Å². The second kappa shape index (κ2) is 7.69. The lowest BCUT2D eigenvalue weighted by atomic mass is 10.3. The monoisotopic (exact) mass is 358 g/mol. The molecule has 0 radical (unpaired) electrons. The molecule has 138 valence electrons. The predicted octanol–water partition coefficient (Wildman–Crippen LogP) is 1.02. The Kier molecular flexibility index (Phi) is 4.96. The van der Waals surface area contributed by atoms with Crippen LogP contribution in [0.15, 0.2) is 23.0 Å². The molecule has 9 nitrogen and oxygen atoms in total. The predicted molar refractivity (Wildman–Crippen MR) is 94.4 cm³/mol. The molecule has 0 unspecified atom stereocenters. The van der Waals surface area contributed by atoms with Gasteiger partial charge in [-0.15, -0.1) is 0 Å². The second-order valence-electron chi connectivity index (χ2n) is 6.43. The molecule has 0 aromatic carbocycles. The van der Waals surface area contributed by atoms with Crippen LogP contribution in [-0.2, 0) is 4.74 Å². The summed E-state index contributed by atoms with van der Waals surface area (Å²) in [6.07, 6.45) is 3.78. The zero-order valence-electron chi connectivity index (χ0n) is 14.5. The number of aromatic nitrogens is 3. The van der Waals surface area contributed by atoms with Crippen LogP contribution >= 0.6 is 0 Å². The number of carbonyl (C=O) groups excluding carboxylic acids is 1. The lowest BCUT2D eigenvalue weighted by molar-refractivity contribution is 0.0946. The van der Waals surface area contributed by atoms with E-state index in [2.05, 4.69) is 30.7 Å². The van der Waals surface area contributed by atoms with Gasteiger partial charge >= 0.3 is 0 Å². The number of anilines is 2. The summed E-state index contributed by atoms with van der Waals surface area (Å²) in [5.41, 5.74) is 0.337. The largest absolute Gasteiger partial charge is 0.378 e. The summed E-state index contributed by atoms with van der Waals surface area (Å²) in [5, 5.41) is 9.86. The van der Waals surface area contributed by atoms with Crippen LogP contribution in [0.3, 0.4) is 0 Å². The minimum atomic E-state index is -0.223. The molecular formula is C17H22N6O3. The van der Waals surface area contributed by atoms with Crippen molar-refractivity contribution in [2.24, 2.45) is 0 Å². The van der Waals surface area contributed by atoms with E-state index < -0.39 is 0 Å². The maximum Gasteiger partial charge on any atom is 0.273 e. The summed E-state index contributed by atoms with van der Waals surface area (Å²) in [7, 11) is 0. The molecule has 1 amide bonds. The van der Waals surface area contributed by atoms with E-state index in [1.54, 1.807) is 12.4 Å². The van der Waals surface area contributed by atoms with Crippen molar-refractivity contribution in [1.82, 2.24) is 20.4 Å². The van der Waals surface area contributed by atoms with Gasteiger partial charge < -0.3 is 24.8 Å². The summed E-state index contributed by atoms with van der Waals surface area (Å²) < 4.78 is 10.6. The Balaban J connectivity index is 1.23. The first-order valence-corrected chi connectivity index (χ1v) is 8.93. The number of ether oxygens (including phenoxy) is 1. The van der Waals surface area contributed by atoms with Crippen LogP contribution in [0, 0.1) is 0 Å². The van der Waals surface area contributed by atoms with Gasteiger partial charge in [0.2, 0.25) is 0 Å². The Morgan fingerprint density at radius 2 is 2.04 bits per heavy atom. The van der Waals surface area contributed by atoms with Gasteiger partial charge in [0.1, 0.15) is 23.7 Å². The molecule has 2 aliphatic rings. The number of rotatable bonds is 7. The van der Waals surface area contributed by atoms with Crippen LogP contribution in [0.25, 0.3) is 0 Å². The third-order valence-electron chi connectivity index (χ3n) is 4.45. The van der Waals surface area contributed by atoms with Gasteiger partial charge in [-0.25, -0.2) is 9.97 Å². The standard InChI is InChI=1S/C17H22N6O3/c24-17(13-9-14(26-22-13)12-1-2-12)19-4-3-18-15-10-16(21-11-20-15)23-5-7-25-8-6-23/h9-12H,1-8H2,(H,19,24)(H,18,20,21). The van der Waals surface area contributed by atoms with Gasteiger partial charge in [-0.05, 0) is 12.8 Å². The van der Waals surface area contributed by atoms with E-state index in [-0.39, 0.29) is 5.91 Å². The fourth-order valence-electron chi connectivity index (χ4n) is 2.82. The van der Waals surface area contributed by atoms with E-state index in [0.29, 0.717) is 37.9 Å². The number of nitrogens with zero attached hydrogens (tertiary/aromatic N) is 4. The molecule has 9 heteroatoms. The van der Waals surface area contributed by atoms with E-state index in [0.717, 1.165) is 43.3 Å². The van der Waals surface area contributed by atoms with Crippen LogP contribution in [-0.4, -0.2) is 60.4 Å². The molecule has 0 atom stereocenters. The van der Waals surface area contributed by atoms with Gasteiger partial charge in [0, 0.05) is 44.2 Å². The van der Waals surface area contributed by atoms with Crippen molar-refractivity contribution in [3.8, 4) is 0 Å². The first-order chi connectivity index (χ1) is 12.8.